The number of nitrogens with one attached hydrogen (secondary N) is 1. The van der Waals surface area contributed by atoms with Crippen LogP contribution in [0.1, 0.15) is 34.3 Å². The number of benzene rings is 3. The van der Waals surface area contributed by atoms with Crippen LogP contribution in [-0.4, -0.2) is 26.6 Å². The Labute approximate surface area is 166 Å². The number of rotatable bonds is 6. The van der Waals surface area contributed by atoms with Crippen LogP contribution in [-0.2, 0) is 9.84 Å². The molecule has 1 amide bonds. The molecule has 28 heavy (non-hydrogen) atoms. The molecule has 3 aromatic rings. The van der Waals surface area contributed by atoms with E-state index in [0.717, 1.165) is 17.4 Å². The summed E-state index contributed by atoms with van der Waals surface area (Å²) in [6, 6.07) is 26.0. The Morgan fingerprint density at radius 1 is 0.786 bits per heavy atom. The quantitative estimate of drug-likeness (QED) is 0.687. The zero-order valence-corrected chi connectivity index (χ0v) is 16.7. The van der Waals surface area contributed by atoms with Gasteiger partial charge in [-0.25, -0.2) is 8.42 Å². The lowest BCUT2D eigenvalue weighted by atomic mass is 9.85. The van der Waals surface area contributed by atoms with Gasteiger partial charge in [0.2, 0.25) is 0 Å². The topological polar surface area (TPSA) is 63.2 Å². The molecule has 0 fully saturated rings. The molecule has 144 valence electrons. The molecule has 0 saturated carbocycles. The SMILES string of the molecule is CC(NC(=O)c1ccccc1S(C)(=O)=O)C(c1ccccc1)c1ccccc1. The highest BCUT2D eigenvalue weighted by Gasteiger charge is 2.25. The molecule has 1 N–H and O–H groups in total. The second kappa shape index (κ2) is 8.40. The van der Waals surface area contributed by atoms with Crippen molar-refractivity contribution in [3.05, 3.63) is 102 Å². The lowest BCUT2D eigenvalue weighted by molar-refractivity contribution is 0.0933. The number of carbonyl (C=O) groups excluding carboxylic acids is 1. The predicted molar refractivity (Wildman–Crippen MR) is 111 cm³/mol. The zero-order chi connectivity index (χ0) is 20.1. The van der Waals surface area contributed by atoms with Gasteiger partial charge in [0.05, 0.1) is 10.5 Å². The van der Waals surface area contributed by atoms with Crippen LogP contribution >= 0.6 is 0 Å². The number of hydrogen-bond acceptors (Lipinski definition) is 3. The second-order valence-corrected chi connectivity index (χ2v) is 8.81. The summed E-state index contributed by atoms with van der Waals surface area (Å²) in [5.74, 6) is -0.456. The van der Waals surface area contributed by atoms with Crippen LogP contribution < -0.4 is 5.32 Å². The highest BCUT2D eigenvalue weighted by atomic mass is 32.2. The zero-order valence-electron chi connectivity index (χ0n) is 15.9. The van der Waals surface area contributed by atoms with E-state index in [-0.39, 0.29) is 22.4 Å². The summed E-state index contributed by atoms with van der Waals surface area (Å²) in [5, 5.41) is 3.00. The highest BCUT2D eigenvalue weighted by molar-refractivity contribution is 7.90. The molecule has 3 rings (SSSR count). The van der Waals surface area contributed by atoms with Crippen LogP contribution in [0.2, 0.25) is 0 Å². The van der Waals surface area contributed by atoms with E-state index in [1.807, 2.05) is 67.6 Å². The Morgan fingerprint density at radius 3 is 1.75 bits per heavy atom. The van der Waals surface area contributed by atoms with Crippen molar-refractivity contribution >= 4 is 15.7 Å². The normalized spacial score (nSPS) is 12.5. The molecule has 0 radical (unpaired) electrons. The van der Waals surface area contributed by atoms with E-state index in [1.54, 1.807) is 18.2 Å². The number of sulfone groups is 1. The van der Waals surface area contributed by atoms with E-state index in [2.05, 4.69) is 5.32 Å². The smallest absolute Gasteiger partial charge is 0.252 e. The minimum absolute atomic E-state index is 0.0377. The minimum Gasteiger partial charge on any atom is -0.349 e. The first-order valence-corrected chi connectivity index (χ1v) is 11.0. The summed E-state index contributed by atoms with van der Waals surface area (Å²) in [5.41, 5.74) is 2.33. The monoisotopic (exact) mass is 393 g/mol. The van der Waals surface area contributed by atoms with Gasteiger partial charge in [0.25, 0.3) is 5.91 Å². The summed E-state index contributed by atoms with van der Waals surface area (Å²) in [4.78, 5) is 13.0. The Bertz CT molecular complexity index is 1010. The fraction of sp³-hybridized carbons (Fsp3) is 0.174. The molecule has 0 aliphatic heterocycles. The molecule has 1 unspecified atom stereocenters. The van der Waals surface area contributed by atoms with Crippen molar-refractivity contribution in [2.75, 3.05) is 6.26 Å². The first-order valence-electron chi connectivity index (χ1n) is 9.08. The molecule has 5 heteroatoms. The molecule has 3 aromatic carbocycles. The van der Waals surface area contributed by atoms with Crippen molar-refractivity contribution in [2.45, 2.75) is 23.8 Å². The third-order valence-corrected chi connectivity index (χ3v) is 5.86. The Balaban J connectivity index is 1.94. The van der Waals surface area contributed by atoms with E-state index in [9.17, 15) is 13.2 Å². The van der Waals surface area contributed by atoms with Crippen molar-refractivity contribution in [3.63, 3.8) is 0 Å². The van der Waals surface area contributed by atoms with Crippen LogP contribution in [0.25, 0.3) is 0 Å². The molecule has 1 atom stereocenters. The predicted octanol–water partition coefficient (Wildman–Crippen LogP) is 4.04. The Morgan fingerprint density at radius 2 is 1.25 bits per heavy atom. The summed E-state index contributed by atoms with van der Waals surface area (Å²) >= 11 is 0. The molecule has 0 bridgehead atoms. The number of carbonyl (C=O) groups is 1. The van der Waals surface area contributed by atoms with Gasteiger partial charge >= 0.3 is 0 Å². The highest BCUT2D eigenvalue weighted by Crippen LogP contribution is 2.28. The largest absolute Gasteiger partial charge is 0.349 e. The van der Waals surface area contributed by atoms with Gasteiger partial charge in [-0.3, -0.25) is 4.79 Å². The van der Waals surface area contributed by atoms with Crippen molar-refractivity contribution in [1.82, 2.24) is 5.32 Å². The molecule has 0 aliphatic rings. The lowest BCUT2D eigenvalue weighted by Crippen LogP contribution is -2.38. The van der Waals surface area contributed by atoms with E-state index in [4.69, 9.17) is 0 Å². The Kier molecular flexibility index (Phi) is 5.95. The molecule has 0 saturated heterocycles. The van der Waals surface area contributed by atoms with E-state index < -0.39 is 15.7 Å². The average Bonchev–Trinajstić information content (AvgIpc) is 2.69. The Hall–Kier alpha value is -2.92. The van der Waals surface area contributed by atoms with Crippen molar-refractivity contribution in [3.8, 4) is 0 Å². The van der Waals surface area contributed by atoms with E-state index in [1.165, 1.54) is 6.07 Å². The van der Waals surface area contributed by atoms with Gasteiger partial charge in [-0.2, -0.15) is 0 Å². The summed E-state index contributed by atoms with van der Waals surface area (Å²) in [6.45, 7) is 1.94. The van der Waals surface area contributed by atoms with E-state index >= 15 is 0 Å². The van der Waals surface area contributed by atoms with Crippen molar-refractivity contribution in [1.29, 1.82) is 0 Å². The maximum absolute atomic E-state index is 12.9. The fourth-order valence-electron chi connectivity index (χ4n) is 3.44. The van der Waals surface area contributed by atoms with Gasteiger partial charge in [0.1, 0.15) is 0 Å². The van der Waals surface area contributed by atoms with Crippen LogP contribution in [0.5, 0.6) is 0 Å². The third-order valence-electron chi connectivity index (χ3n) is 4.71. The first-order chi connectivity index (χ1) is 13.4. The molecular weight excluding hydrogens is 370 g/mol. The number of amides is 1. The summed E-state index contributed by atoms with van der Waals surface area (Å²) < 4.78 is 24.1. The van der Waals surface area contributed by atoms with Gasteiger partial charge in [0.15, 0.2) is 9.84 Å². The molecule has 0 heterocycles. The van der Waals surface area contributed by atoms with Crippen LogP contribution in [0.15, 0.2) is 89.8 Å². The average molecular weight is 394 g/mol. The molecule has 0 aliphatic carbocycles. The third kappa shape index (κ3) is 4.49. The van der Waals surface area contributed by atoms with Crippen molar-refractivity contribution < 1.29 is 13.2 Å². The van der Waals surface area contributed by atoms with Gasteiger partial charge < -0.3 is 5.32 Å². The summed E-state index contributed by atoms with van der Waals surface area (Å²) in [6.07, 6.45) is 1.11. The molecular formula is C23H23NO3S. The lowest BCUT2D eigenvalue weighted by Gasteiger charge is -2.26. The van der Waals surface area contributed by atoms with Gasteiger partial charge in [-0.05, 0) is 30.2 Å². The van der Waals surface area contributed by atoms with Crippen molar-refractivity contribution in [2.24, 2.45) is 0 Å². The summed E-state index contributed by atoms with van der Waals surface area (Å²) in [7, 11) is -3.50. The first kappa shape index (κ1) is 19.8. The van der Waals surface area contributed by atoms with Gasteiger partial charge in [0, 0.05) is 18.2 Å². The molecule has 0 spiro atoms. The standard InChI is InChI=1S/C23H23NO3S/c1-17(24-23(25)20-15-9-10-16-21(20)28(2,26)27)22(18-11-5-3-6-12-18)19-13-7-4-8-14-19/h3-17,22H,1-2H3,(H,24,25). The van der Waals surface area contributed by atoms with Gasteiger partial charge in [-0.1, -0.05) is 72.8 Å². The molecule has 0 aromatic heterocycles. The number of hydrogen-bond donors (Lipinski definition) is 1. The van der Waals surface area contributed by atoms with E-state index in [0.29, 0.717) is 0 Å². The van der Waals surface area contributed by atoms with Crippen LogP contribution in [0.4, 0.5) is 0 Å². The second-order valence-electron chi connectivity index (χ2n) is 6.83. The fourth-order valence-corrected chi connectivity index (χ4v) is 4.32. The van der Waals surface area contributed by atoms with Crippen LogP contribution in [0, 0.1) is 0 Å². The maximum Gasteiger partial charge on any atom is 0.252 e. The minimum atomic E-state index is -3.50. The maximum atomic E-state index is 12.9. The van der Waals surface area contributed by atoms with Gasteiger partial charge in [-0.15, -0.1) is 0 Å². The molecule has 4 nitrogen and oxygen atoms in total. The van der Waals surface area contributed by atoms with Crippen LogP contribution in [0.3, 0.4) is 0 Å².